The second-order valence-corrected chi connectivity index (χ2v) is 9.70. The van der Waals surface area contributed by atoms with Gasteiger partial charge in [0, 0.05) is 30.1 Å². The van der Waals surface area contributed by atoms with E-state index in [1.54, 1.807) is 35.7 Å². The molecule has 4 rings (SSSR count). The predicted octanol–water partition coefficient (Wildman–Crippen LogP) is 3.76. The predicted molar refractivity (Wildman–Crippen MR) is 117 cm³/mol. The number of carbonyl (C=O) groups excluding carboxylic acids is 1. The molecule has 9 nitrogen and oxygen atoms in total. The summed E-state index contributed by atoms with van der Waals surface area (Å²) in [4.78, 5) is 27.5. The minimum atomic E-state index is -3.49. The monoisotopic (exact) mass is 458 g/mol. The van der Waals surface area contributed by atoms with Crippen LogP contribution in [0.3, 0.4) is 0 Å². The molecule has 160 valence electrons. The zero-order valence-corrected chi connectivity index (χ0v) is 17.9. The third-order valence-corrected chi connectivity index (χ3v) is 7.59. The lowest BCUT2D eigenvalue weighted by atomic mass is 10.1. The number of hydrogen-bond acceptors (Lipinski definition) is 7. The molecule has 0 unspecified atom stereocenters. The van der Waals surface area contributed by atoms with E-state index in [0.717, 1.165) is 12.8 Å². The molecule has 11 heteroatoms. The van der Waals surface area contributed by atoms with Crippen LogP contribution in [0.5, 0.6) is 0 Å². The Morgan fingerprint density at radius 2 is 1.77 bits per heavy atom. The molecule has 2 heterocycles. The number of nitro groups is 1. The maximum absolute atomic E-state index is 12.6. The van der Waals surface area contributed by atoms with Gasteiger partial charge in [0.1, 0.15) is 5.56 Å². The molecule has 0 saturated carbocycles. The number of thiazole rings is 1. The van der Waals surface area contributed by atoms with E-state index in [2.05, 4.69) is 10.3 Å². The lowest BCUT2D eigenvalue weighted by molar-refractivity contribution is -0.385. The van der Waals surface area contributed by atoms with Crippen LogP contribution in [-0.4, -0.2) is 41.6 Å². The third-order valence-electron chi connectivity index (χ3n) is 4.92. The van der Waals surface area contributed by atoms with Crippen molar-refractivity contribution in [3.63, 3.8) is 0 Å². The zero-order valence-electron chi connectivity index (χ0n) is 16.2. The van der Waals surface area contributed by atoms with Crippen LogP contribution in [-0.2, 0) is 10.0 Å². The molecule has 1 fully saturated rings. The van der Waals surface area contributed by atoms with E-state index in [1.165, 1.54) is 33.8 Å². The van der Waals surface area contributed by atoms with Crippen molar-refractivity contribution < 1.29 is 18.1 Å². The number of hydrogen-bond donors (Lipinski definition) is 1. The topological polar surface area (TPSA) is 123 Å². The first-order valence-corrected chi connectivity index (χ1v) is 11.8. The molecule has 3 aromatic rings. The number of amides is 1. The van der Waals surface area contributed by atoms with Crippen molar-refractivity contribution in [1.82, 2.24) is 9.29 Å². The van der Waals surface area contributed by atoms with Crippen LogP contribution in [0.4, 0.5) is 10.8 Å². The van der Waals surface area contributed by atoms with Crippen molar-refractivity contribution in [3.05, 3.63) is 69.6 Å². The number of anilines is 1. The number of benzene rings is 2. The number of nitrogens with one attached hydrogen (secondary N) is 1. The zero-order chi connectivity index (χ0) is 22.0. The van der Waals surface area contributed by atoms with Crippen molar-refractivity contribution >= 4 is 38.1 Å². The highest BCUT2D eigenvalue weighted by atomic mass is 32.2. The van der Waals surface area contributed by atoms with E-state index in [4.69, 9.17) is 0 Å². The van der Waals surface area contributed by atoms with Gasteiger partial charge in [0.15, 0.2) is 5.13 Å². The quantitative estimate of drug-likeness (QED) is 0.443. The number of carbonyl (C=O) groups is 1. The Hall–Kier alpha value is -3.15. The standard InChI is InChI=1S/C20H18N4O5S2/c25-19(16-5-1-2-6-18(16)24(26)27)22-20-21-17(13-30-20)14-7-9-15(10-8-14)31(28,29)23-11-3-4-12-23/h1-2,5-10,13H,3-4,11-12H2,(H,21,22,25). The smallest absolute Gasteiger partial charge is 0.282 e. The second kappa shape index (κ2) is 8.53. The van der Waals surface area contributed by atoms with Gasteiger partial charge < -0.3 is 0 Å². The number of para-hydroxylation sites is 1. The number of nitrogens with zero attached hydrogens (tertiary/aromatic N) is 3. The highest BCUT2D eigenvalue weighted by Gasteiger charge is 2.27. The summed E-state index contributed by atoms with van der Waals surface area (Å²) in [5.74, 6) is -0.625. The van der Waals surface area contributed by atoms with Gasteiger partial charge >= 0.3 is 0 Å². The Bertz CT molecular complexity index is 1230. The fourth-order valence-corrected chi connectivity index (χ4v) is 5.56. The number of sulfonamides is 1. The molecule has 1 N–H and O–H groups in total. The van der Waals surface area contributed by atoms with Gasteiger partial charge in [0.25, 0.3) is 11.6 Å². The van der Waals surface area contributed by atoms with Crippen molar-refractivity contribution in [2.75, 3.05) is 18.4 Å². The minimum Gasteiger partial charge on any atom is -0.298 e. The molecule has 0 spiro atoms. The first-order valence-electron chi connectivity index (χ1n) is 9.47. The van der Waals surface area contributed by atoms with E-state index in [0.29, 0.717) is 24.3 Å². The Balaban J connectivity index is 1.50. The molecule has 1 aromatic heterocycles. The summed E-state index contributed by atoms with van der Waals surface area (Å²) in [5.41, 5.74) is 0.920. The van der Waals surface area contributed by atoms with Crippen molar-refractivity contribution in [2.24, 2.45) is 0 Å². The minimum absolute atomic E-state index is 0.0549. The third kappa shape index (κ3) is 4.33. The summed E-state index contributed by atoms with van der Waals surface area (Å²) < 4.78 is 26.8. The molecule has 1 aliphatic rings. The normalized spacial score (nSPS) is 14.5. The lowest BCUT2D eigenvalue weighted by Crippen LogP contribution is -2.27. The molecular weight excluding hydrogens is 440 g/mol. The summed E-state index contributed by atoms with van der Waals surface area (Å²) in [6.07, 6.45) is 1.74. The molecule has 0 radical (unpaired) electrons. The Morgan fingerprint density at radius 3 is 2.45 bits per heavy atom. The van der Waals surface area contributed by atoms with E-state index in [-0.39, 0.29) is 21.3 Å². The first-order chi connectivity index (χ1) is 14.9. The molecule has 1 amide bonds. The summed E-state index contributed by atoms with van der Waals surface area (Å²) >= 11 is 1.17. The summed E-state index contributed by atoms with van der Waals surface area (Å²) in [5, 5.41) is 15.7. The first kappa shape index (κ1) is 21.1. The summed E-state index contributed by atoms with van der Waals surface area (Å²) in [7, 11) is -3.49. The van der Waals surface area contributed by atoms with Gasteiger partial charge in [-0.3, -0.25) is 20.2 Å². The van der Waals surface area contributed by atoms with Crippen LogP contribution in [0.25, 0.3) is 11.3 Å². The largest absolute Gasteiger partial charge is 0.298 e. The van der Waals surface area contributed by atoms with Crippen LogP contribution in [0.2, 0.25) is 0 Å². The van der Waals surface area contributed by atoms with E-state index >= 15 is 0 Å². The average Bonchev–Trinajstić information content (AvgIpc) is 3.46. The molecule has 0 atom stereocenters. The fourth-order valence-electron chi connectivity index (χ4n) is 3.33. The lowest BCUT2D eigenvalue weighted by Gasteiger charge is -2.15. The summed E-state index contributed by atoms with van der Waals surface area (Å²) in [6, 6.07) is 12.1. The molecule has 31 heavy (non-hydrogen) atoms. The van der Waals surface area contributed by atoms with Gasteiger partial charge in [-0.1, -0.05) is 24.3 Å². The SMILES string of the molecule is O=C(Nc1nc(-c2ccc(S(=O)(=O)N3CCCC3)cc2)cs1)c1ccccc1[N+](=O)[O-]. The molecule has 1 aliphatic heterocycles. The fraction of sp³-hybridized carbons (Fsp3) is 0.200. The van der Waals surface area contributed by atoms with Gasteiger partial charge in [-0.2, -0.15) is 4.31 Å². The Morgan fingerprint density at radius 1 is 1.10 bits per heavy atom. The summed E-state index contributed by atoms with van der Waals surface area (Å²) in [6.45, 7) is 1.08. The van der Waals surface area contributed by atoms with E-state index in [9.17, 15) is 23.3 Å². The van der Waals surface area contributed by atoms with Crippen LogP contribution in [0, 0.1) is 10.1 Å². The van der Waals surface area contributed by atoms with Crippen LogP contribution in [0.1, 0.15) is 23.2 Å². The van der Waals surface area contributed by atoms with Gasteiger partial charge in [-0.15, -0.1) is 11.3 Å². The number of rotatable bonds is 6. The molecule has 0 bridgehead atoms. The molecule has 1 saturated heterocycles. The van der Waals surface area contributed by atoms with Crippen LogP contribution < -0.4 is 5.32 Å². The van der Waals surface area contributed by atoms with E-state index < -0.39 is 20.9 Å². The van der Waals surface area contributed by atoms with Crippen molar-refractivity contribution in [2.45, 2.75) is 17.7 Å². The Labute approximate surface area is 182 Å². The van der Waals surface area contributed by atoms with Crippen molar-refractivity contribution in [3.8, 4) is 11.3 Å². The molecule has 2 aromatic carbocycles. The van der Waals surface area contributed by atoms with Crippen LogP contribution >= 0.6 is 11.3 Å². The van der Waals surface area contributed by atoms with Gasteiger partial charge in [-0.05, 0) is 31.0 Å². The second-order valence-electron chi connectivity index (χ2n) is 6.90. The van der Waals surface area contributed by atoms with Crippen molar-refractivity contribution in [1.29, 1.82) is 0 Å². The Kier molecular flexibility index (Phi) is 5.81. The maximum Gasteiger partial charge on any atom is 0.282 e. The highest BCUT2D eigenvalue weighted by molar-refractivity contribution is 7.89. The van der Waals surface area contributed by atoms with E-state index in [1.807, 2.05) is 0 Å². The molecular formula is C20H18N4O5S2. The van der Waals surface area contributed by atoms with Gasteiger partial charge in [0.2, 0.25) is 10.0 Å². The average molecular weight is 459 g/mol. The number of aromatic nitrogens is 1. The van der Waals surface area contributed by atoms with Gasteiger partial charge in [-0.25, -0.2) is 13.4 Å². The van der Waals surface area contributed by atoms with Gasteiger partial charge in [0.05, 0.1) is 15.5 Å². The molecule has 0 aliphatic carbocycles. The van der Waals surface area contributed by atoms with Crippen LogP contribution in [0.15, 0.2) is 58.8 Å². The maximum atomic E-state index is 12.6. The highest BCUT2D eigenvalue weighted by Crippen LogP contribution is 2.28. The number of nitro benzene ring substituents is 1.